The van der Waals surface area contributed by atoms with Crippen LogP contribution in [0, 0.1) is 0 Å². The number of benzene rings is 2. The number of nitrogens with one attached hydrogen (secondary N) is 2. The summed E-state index contributed by atoms with van der Waals surface area (Å²) in [6, 6.07) is 16.3. The maximum absolute atomic E-state index is 13.0. The number of ether oxygens (including phenoxy) is 2. The number of rotatable bonds is 15. The van der Waals surface area contributed by atoms with Gasteiger partial charge < -0.3 is 25.0 Å². The van der Waals surface area contributed by atoms with E-state index in [1.807, 2.05) is 30.3 Å². The summed E-state index contributed by atoms with van der Waals surface area (Å²) in [5, 5.41) is 22.3. The fourth-order valence-electron chi connectivity index (χ4n) is 4.77. The highest BCUT2D eigenvalue weighted by molar-refractivity contribution is 7.90. The quantitative estimate of drug-likeness (QED) is 0.193. The smallest absolute Gasteiger partial charge is 0.268 e. The van der Waals surface area contributed by atoms with E-state index in [-0.39, 0.29) is 30.4 Å². The zero-order valence-corrected chi connectivity index (χ0v) is 24.4. The van der Waals surface area contributed by atoms with Gasteiger partial charge in [0.1, 0.15) is 18.1 Å². The van der Waals surface area contributed by atoms with Crippen LogP contribution in [-0.2, 0) is 10.0 Å². The third kappa shape index (κ3) is 9.52. The van der Waals surface area contributed by atoms with Crippen LogP contribution in [0.25, 0.3) is 11.1 Å². The van der Waals surface area contributed by atoms with E-state index in [0.717, 1.165) is 48.8 Å². The lowest BCUT2D eigenvalue weighted by Gasteiger charge is -2.24. The minimum Gasteiger partial charge on any atom is -0.492 e. The molecule has 2 aromatic carbocycles. The molecule has 0 unspecified atom stereocenters. The van der Waals surface area contributed by atoms with Crippen molar-refractivity contribution in [1.29, 1.82) is 0 Å². The molecule has 1 heterocycles. The Labute approximate surface area is 247 Å². The van der Waals surface area contributed by atoms with Crippen LogP contribution in [0.5, 0.6) is 11.5 Å². The maximum atomic E-state index is 13.0. The Hall–Kier alpha value is -3.51. The lowest BCUT2D eigenvalue weighted by molar-refractivity contribution is 0.0969. The minimum atomic E-state index is -3.89. The van der Waals surface area contributed by atoms with Gasteiger partial charge in [0.05, 0.1) is 23.5 Å². The summed E-state index contributed by atoms with van der Waals surface area (Å²) < 4.78 is 38.8. The van der Waals surface area contributed by atoms with Gasteiger partial charge in [-0.05, 0) is 73.6 Å². The molecular weight excluding hydrogens is 558 g/mol. The second kappa shape index (κ2) is 15.6. The van der Waals surface area contributed by atoms with Crippen molar-refractivity contribution in [3.05, 3.63) is 78.1 Å². The van der Waals surface area contributed by atoms with Crippen molar-refractivity contribution < 1.29 is 32.9 Å². The van der Waals surface area contributed by atoms with Crippen LogP contribution >= 0.6 is 0 Å². The van der Waals surface area contributed by atoms with E-state index in [0.29, 0.717) is 31.2 Å². The van der Waals surface area contributed by atoms with Gasteiger partial charge in [0.2, 0.25) is 10.0 Å². The number of sulfonamides is 1. The molecule has 1 saturated carbocycles. The van der Waals surface area contributed by atoms with Gasteiger partial charge in [0, 0.05) is 37.7 Å². The summed E-state index contributed by atoms with van der Waals surface area (Å²) in [5.74, 6) is -0.0647. The van der Waals surface area contributed by atoms with E-state index < -0.39 is 22.0 Å². The lowest BCUT2D eigenvalue weighted by Crippen LogP contribution is -2.33. The summed E-state index contributed by atoms with van der Waals surface area (Å²) in [7, 11) is -3.89. The number of nitrogens with zero attached hydrogens (tertiary/aromatic N) is 1. The molecule has 226 valence electrons. The third-order valence-electron chi connectivity index (χ3n) is 7.03. The molecule has 1 amide bonds. The highest BCUT2D eigenvalue weighted by atomic mass is 32.2. The molecule has 3 aromatic rings. The number of carbonyl (C=O) groups is 1. The van der Waals surface area contributed by atoms with Crippen LogP contribution in [0.3, 0.4) is 0 Å². The fourth-order valence-corrected chi connectivity index (χ4v) is 5.77. The average Bonchev–Trinajstić information content (AvgIpc) is 3.01. The van der Waals surface area contributed by atoms with E-state index >= 15 is 0 Å². The molecule has 4 rings (SSSR count). The first-order valence-corrected chi connectivity index (χ1v) is 16.0. The number of hydrogen-bond acceptors (Lipinski definition) is 9. The highest BCUT2D eigenvalue weighted by Gasteiger charge is 2.23. The van der Waals surface area contributed by atoms with Gasteiger partial charge in [-0.2, -0.15) is 0 Å². The molecule has 10 nitrogen and oxygen atoms in total. The molecule has 1 aliphatic rings. The Balaban J connectivity index is 1.38. The van der Waals surface area contributed by atoms with Crippen LogP contribution in [0.4, 0.5) is 0 Å². The van der Waals surface area contributed by atoms with Gasteiger partial charge in [-0.15, -0.1) is 0 Å². The number of aliphatic hydroxyl groups is 2. The predicted octanol–water partition coefficient (Wildman–Crippen LogP) is 3.60. The zero-order chi connectivity index (χ0) is 29.8. The second-order valence-corrected chi connectivity index (χ2v) is 12.1. The maximum Gasteiger partial charge on any atom is 0.268 e. The van der Waals surface area contributed by atoms with Gasteiger partial charge in [-0.3, -0.25) is 9.78 Å². The van der Waals surface area contributed by atoms with Crippen LogP contribution < -0.4 is 19.5 Å². The standard InChI is InChI=1S/C31H39N3O7S/c35-17-5-19-42(38,39)34-31(37)28-14-11-24(20-30(28)41-27-7-2-1-3-8-27)23-9-12-26(13-10-23)40-18-16-33-22-29(36)25-6-4-15-32-21-25/h4,6,9-15,20-21,27,29,33,35-36H,1-3,5,7-8,16-19,22H2,(H,34,37)/t29-/m1/s1. The third-order valence-corrected chi connectivity index (χ3v) is 8.36. The second-order valence-electron chi connectivity index (χ2n) is 10.3. The summed E-state index contributed by atoms with van der Waals surface area (Å²) in [4.78, 5) is 17.0. The molecule has 4 N–H and O–H groups in total. The zero-order valence-electron chi connectivity index (χ0n) is 23.6. The molecule has 11 heteroatoms. The fraction of sp³-hybridized carbons (Fsp3) is 0.419. The summed E-state index contributed by atoms with van der Waals surface area (Å²) in [5.41, 5.74) is 2.61. The topological polar surface area (TPSA) is 147 Å². The van der Waals surface area contributed by atoms with Crippen molar-refractivity contribution in [3.63, 3.8) is 0 Å². The van der Waals surface area contributed by atoms with Crippen LogP contribution in [0.2, 0.25) is 0 Å². The number of aliphatic hydroxyl groups excluding tert-OH is 2. The van der Waals surface area contributed by atoms with Gasteiger partial charge >= 0.3 is 0 Å². The molecular formula is C31H39N3O7S. The Morgan fingerprint density at radius 1 is 1.05 bits per heavy atom. The van der Waals surface area contributed by atoms with Gasteiger partial charge in [0.15, 0.2) is 0 Å². The molecule has 1 atom stereocenters. The molecule has 42 heavy (non-hydrogen) atoms. The van der Waals surface area contributed by atoms with E-state index in [2.05, 4.69) is 15.0 Å². The Bertz CT molecular complexity index is 1380. The molecule has 1 aromatic heterocycles. The average molecular weight is 598 g/mol. The number of amides is 1. The summed E-state index contributed by atoms with van der Waals surface area (Å²) >= 11 is 0. The van der Waals surface area contributed by atoms with Crippen molar-refractivity contribution in [3.8, 4) is 22.6 Å². The molecule has 0 bridgehead atoms. The highest BCUT2D eigenvalue weighted by Crippen LogP contribution is 2.32. The Kier molecular flexibility index (Phi) is 11.7. The van der Waals surface area contributed by atoms with Crippen LogP contribution in [0.1, 0.15) is 60.6 Å². The number of aromatic nitrogens is 1. The van der Waals surface area contributed by atoms with E-state index in [9.17, 15) is 18.3 Å². The Morgan fingerprint density at radius 3 is 2.52 bits per heavy atom. The normalized spacial score (nSPS) is 14.7. The lowest BCUT2D eigenvalue weighted by atomic mass is 9.97. The van der Waals surface area contributed by atoms with Crippen molar-refractivity contribution >= 4 is 15.9 Å². The van der Waals surface area contributed by atoms with Gasteiger partial charge in [-0.25, -0.2) is 13.1 Å². The van der Waals surface area contributed by atoms with Gasteiger partial charge in [-0.1, -0.05) is 30.7 Å². The molecule has 0 saturated heterocycles. The first kappa shape index (κ1) is 31.4. The molecule has 0 aliphatic heterocycles. The largest absolute Gasteiger partial charge is 0.492 e. The predicted molar refractivity (Wildman–Crippen MR) is 160 cm³/mol. The van der Waals surface area contributed by atoms with Crippen molar-refractivity contribution in [2.45, 2.75) is 50.7 Å². The van der Waals surface area contributed by atoms with E-state index in [4.69, 9.17) is 14.6 Å². The minimum absolute atomic E-state index is 0.0402. The molecule has 0 radical (unpaired) electrons. The summed E-state index contributed by atoms with van der Waals surface area (Å²) in [6.07, 6.45) is 7.66. The first-order valence-electron chi connectivity index (χ1n) is 14.3. The SMILES string of the molecule is O=C(NS(=O)(=O)CCCO)c1ccc(-c2ccc(OCCNC[C@@H](O)c3cccnc3)cc2)cc1OC1CCCCC1. The number of hydrogen-bond donors (Lipinski definition) is 4. The molecule has 1 fully saturated rings. The number of carbonyl (C=O) groups excluding carboxylic acids is 1. The monoisotopic (exact) mass is 597 g/mol. The molecule has 0 spiro atoms. The van der Waals surface area contributed by atoms with Gasteiger partial charge in [0.25, 0.3) is 5.91 Å². The van der Waals surface area contributed by atoms with E-state index in [1.165, 1.54) is 0 Å². The van der Waals surface area contributed by atoms with E-state index in [1.54, 1.807) is 36.7 Å². The summed E-state index contributed by atoms with van der Waals surface area (Å²) in [6.45, 7) is 1.09. The number of pyridine rings is 1. The van der Waals surface area contributed by atoms with Crippen molar-refractivity contribution in [1.82, 2.24) is 15.0 Å². The van der Waals surface area contributed by atoms with Crippen LogP contribution in [-0.4, -0.2) is 67.7 Å². The Morgan fingerprint density at radius 2 is 1.81 bits per heavy atom. The van der Waals surface area contributed by atoms with Crippen LogP contribution in [0.15, 0.2) is 67.0 Å². The first-order chi connectivity index (χ1) is 20.3. The van der Waals surface area contributed by atoms with Crippen molar-refractivity contribution in [2.75, 3.05) is 32.1 Å². The molecule has 1 aliphatic carbocycles. The van der Waals surface area contributed by atoms with Crippen molar-refractivity contribution in [2.24, 2.45) is 0 Å².